The van der Waals surface area contributed by atoms with Crippen molar-refractivity contribution in [3.8, 4) is 5.75 Å². The number of hydrogen-bond donors (Lipinski definition) is 1. The van der Waals surface area contributed by atoms with Crippen molar-refractivity contribution in [3.63, 3.8) is 0 Å². The molecule has 28 heavy (non-hydrogen) atoms. The van der Waals surface area contributed by atoms with Gasteiger partial charge in [-0.05, 0) is 68.7 Å². The molecule has 0 amide bonds. The number of benzene rings is 2. The van der Waals surface area contributed by atoms with Gasteiger partial charge in [-0.2, -0.15) is 0 Å². The highest BCUT2D eigenvalue weighted by molar-refractivity contribution is 7.93. The van der Waals surface area contributed by atoms with Crippen molar-refractivity contribution in [2.24, 2.45) is 0 Å². The lowest BCUT2D eigenvalue weighted by atomic mass is 10.0. The molecule has 1 N–H and O–H groups in total. The van der Waals surface area contributed by atoms with Crippen molar-refractivity contribution in [1.82, 2.24) is 0 Å². The minimum atomic E-state index is -3.78. The number of methoxy groups -OCH3 is 1. The molecule has 1 aliphatic heterocycles. The minimum absolute atomic E-state index is 0.161. The SMILES string of the molecule is COc1ccc(S(=O)(=O)N2CCCc3ccc(NS(=O)(=O)C(C)C)cc32)cc1. The van der Waals surface area contributed by atoms with Gasteiger partial charge < -0.3 is 4.74 Å². The molecule has 9 heteroatoms. The highest BCUT2D eigenvalue weighted by atomic mass is 32.2. The fourth-order valence-corrected chi connectivity index (χ4v) is 5.24. The van der Waals surface area contributed by atoms with Crippen LogP contribution in [0.1, 0.15) is 25.8 Å². The lowest BCUT2D eigenvalue weighted by molar-refractivity contribution is 0.414. The first-order chi connectivity index (χ1) is 13.1. The van der Waals surface area contributed by atoms with Crippen molar-refractivity contribution in [3.05, 3.63) is 48.0 Å². The van der Waals surface area contributed by atoms with E-state index in [0.29, 0.717) is 30.1 Å². The zero-order valence-electron chi connectivity index (χ0n) is 16.0. The topological polar surface area (TPSA) is 92.8 Å². The number of sulfonamides is 2. The minimum Gasteiger partial charge on any atom is -0.497 e. The first kappa shape index (κ1) is 20.5. The molecule has 1 aliphatic rings. The van der Waals surface area contributed by atoms with Crippen LogP contribution in [0.4, 0.5) is 11.4 Å². The van der Waals surface area contributed by atoms with Gasteiger partial charge in [0.05, 0.1) is 28.6 Å². The first-order valence-corrected chi connectivity index (χ1v) is 11.9. The summed E-state index contributed by atoms with van der Waals surface area (Å²) in [7, 11) is -5.78. The predicted octanol–water partition coefficient (Wildman–Crippen LogP) is 2.99. The van der Waals surface area contributed by atoms with Gasteiger partial charge in [-0.1, -0.05) is 6.07 Å². The number of ether oxygens (including phenoxy) is 1. The van der Waals surface area contributed by atoms with Crippen LogP contribution in [0.5, 0.6) is 5.75 Å². The van der Waals surface area contributed by atoms with E-state index in [9.17, 15) is 16.8 Å². The molecule has 0 aromatic heterocycles. The average molecular weight is 425 g/mol. The number of hydrogen-bond acceptors (Lipinski definition) is 5. The largest absolute Gasteiger partial charge is 0.497 e. The second-order valence-electron chi connectivity index (χ2n) is 6.90. The molecule has 0 unspecified atom stereocenters. The molecule has 0 saturated heterocycles. The Hall–Kier alpha value is -2.26. The zero-order valence-corrected chi connectivity index (χ0v) is 17.7. The van der Waals surface area contributed by atoms with Gasteiger partial charge in [-0.15, -0.1) is 0 Å². The van der Waals surface area contributed by atoms with Gasteiger partial charge in [0.1, 0.15) is 5.75 Å². The Morgan fingerprint density at radius 2 is 1.71 bits per heavy atom. The first-order valence-electron chi connectivity index (χ1n) is 8.96. The monoisotopic (exact) mass is 424 g/mol. The maximum absolute atomic E-state index is 13.2. The molecule has 0 radical (unpaired) electrons. The molecule has 0 saturated carbocycles. The maximum atomic E-state index is 13.2. The Bertz CT molecular complexity index is 1060. The fraction of sp³-hybridized carbons (Fsp3) is 0.368. The lowest BCUT2D eigenvalue weighted by Gasteiger charge is -2.31. The molecule has 152 valence electrons. The van der Waals surface area contributed by atoms with Crippen molar-refractivity contribution < 1.29 is 21.6 Å². The number of nitrogens with zero attached hydrogens (tertiary/aromatic N) is 1. The van der Waals surface area contributed by atoms with Crippen LogP contribution in [0.3, 0.4) is 0 Å². The van der Waals surface area contributed by atoms with E-state index in [-0.39, 0.29) is 4.90 Å². The van der Waals surface area contributed by atoms with Crippen LogP contribution in [0, 0.1) is 0 Å². The summed E-state index contributed by atoms with van der Waals surface area (Å²) < 4.78 is 59.7. The van der Waals surface area contributed by atoms with Crippen LogP contribution < -0.4 is 13.8 Å². The summed E-state index contributed by atoms with van der Waals surface area (Å²) in [6, 6.07) is 11.3. The highest BCUT2D eigenvalue weighted by Gasteiger charge is 2.29. The Balaban J connectivity index is 2.00. The second kappa shape index (κ2) is 7.63. The lowest BCUT2D eigenvalue weighted by Crippen LogP contribution is -2.35. The Morgan fingerprint density at radius 3 is 2.32 bits per heavy atom. The molecule has 0 fully saturated rings. The molecule has 7 nitrogen and oxygen atoms in total. The van der Waals surface area contributed by atoms with Crippen molar-refractivity contribution in [1.29, 1.82) is 0 Å². The van der Waals surface area contributed by atoms with Crippen molar-refractivity contribution in [2.75, 3.05) is 22.7 Å². The van der Waals surface area contributed by atoms with E-state index < -0.39 is 25.3 Å². The number of anilines is 2. The summed E-state index contributed by atoms with van der Waals surface area (Å²) >= 11 is 0. The van der Waals surface area contributed by atoms with Crippen LogP contribution >= 0.6 is 0 Å². The number of nitrogens with one attached hydrogen (secondary N) is 1. The summed E-state index contributed by atoms with van der Waals surface area (Å²) in [6.07, 6.45) is 1.43. The van der Waals surface area contributed by atoms with E-state index in [1.807, 2.05) is 0 Å². The standard InChI is InChI=1S/C19H24N2O5S2/c1-14(2)27(22,23)20-16-7-6-15-5-4-12-21(19(15)13-16)28(24,25)18-10-8-17(26-3)9-11-18/h6-11,13-14,20H,4-5,12H2,1-3H3. The van der Waals surface area contributed by atoms with Gasteiger partial charge in [-0.3, -0.25) is 9.03 Å². The average Bonchev–Trinajstić information content (AvgIpc) is 2.67. The maximum Gasteiger partial charge on any atom is 0.264 e. The van der Waals surface area contributed by atoms with E-state index in [0.717, 1.165) is 12.0 Å². The number of rotatable bonds is 6. The van der Waals surface area contributed by atoms with Gasteiger partial charge in [0.2, 0.25) is 10.0 Å². The van der Waals surface area contributed by atoms with Gasteiger partial charge in [0.25, 0.3) is 10.0 Å². The fourth-order valence-electron chi connectivity index (χ4n) is 3.01. The molecule has 0 spiro atoms. The molecular weight excluding hydrogens is 400 g/mol. The van der Waals surface area contributed by atoms with Crippen LogP contribution in [0.2, 0.25) is 0 Å². The summed E-state index contributed by atoms with van der Waals surface area (Å²) in [5.74, 6) is 0.573. The van der Waals surface area contributed by atoms with E-state index >= 15 is 0 Å². The smallest absolute Gasteiger partial charge is 0.264 e. The van der Waals surface area contributed by atoms with E-state index in [2.05, 4.69) is 4.72 Å². The van der Waals surface area contributed by atoms with Crippen molar-refractivity contribution >= 4 is 31.4 Å². The third-order valence-corrected chi connectivity index (χ3v) is 8.28. The summed E-state index contributed by atoms with van der Waals surface area (Å²) in [4.78, 5) is 0.161. The normalized spacial score (nSPS) is 14.6. The van der Waals surface area contributed by atoms with E-state index in [4.69, 9.17) is 4.74 Å². The summed E-state index contributed by atoms with van der Waals surface area (Å²) in [5, 5.41) is -0.595. The molecule has 0 aliphatic carbocycles. The summed E-state index contributed by atoms with van der Waals surface area (Å²) in [5.41, 5.74) is 1.73. The van der Waals surface area contributed by atoms with Gasteiger partial charge >= 0.3 is 0 Å². The van der Waals surface area contributed by atoms with E-state index in [1.165, 1.54) is 23.5 Å². The third-order valence-electron chi connectivity index (χ3n) is 4.69. The second-order valence-corrected chi connectivity index (χ2v) is 11.0. The molecule has 0 atom stereocenters. The highest BCUT2D eigenvalue weighted by Crippen LogP contribution is 2.34. The van der Waals surface area contributed by atoms with Crippen LogP contribution in [0.25, 0.3) is 0 Å². The molecule has 0 bridgehead atoms. The molecule has 2 aromatic rings. The van der Waals surface area contributed by atoms with E-state index in [1.54, 1.807) is 44.2 Å². The zero-order chi connectivity index (χ0) is 20.5. The van der Waals surface area contributed by atoms with Gasteiger partial charge in [0, 0.05) is 6.54 Å². The van der Waals surface area contributed by atoms with Crippen LogP contribution in [-0.4, -0.2) is 35.7 Å². The molecule has 2 aromatic carbocycles. The Morgan fingerprint density at radius 1 is 1.04 bits per heavy atom. The Labute approximate surface area is 166 Å². The van der Waals surface area contributed by atoms with Gasteiger partial charge in [-0.25, -0.2) is 16.8 Å². The number of aryl methyl sites for hydroxylation is 1. The molecular formula is C19H24N2O5S2. The molecule has 3 rings (SSSR count). The Kier molecular flexibility index (Phi) is 5.58. The van der Waals surface area contributed by atoms with Crippen molar-refractivity contribution in [2.45, 2.75) is 36.8 Å². The summed E-state index contributed by atoms with van der Waals surface area (Å²) in [6.45, 7) is 3.50. The van der Waals surface area contributed by atoms with Crippen LogP contribution in [0.15, 0.2) is 47.4 Å². The van der Waals surface area contributed by atoms with Crippen LogP contribution in [-0.2, 0) is 26.5 Å². The van der Waals surface area contributed by atoms with Gasteiger partial charge in [0.15, 0.2) is 0 Å². The predicted molar refractivity (Wildman–Crippen MR) is 110 cm³/mol. The third kappa shape index (κ3) is 3.95. The molecule has 1 heterocycles. The number of fused-ring (bicyclic) bond motifs is 1. The quantitative estimate of drug-likeness (QED) is 0.770.